The largest absolute Gasteiger partial charge is 0.321 e. The molecule has 2 aromatic rings. The van der Waals surface area contributed by atoms with E-state index in [4.69, 9.17) is 16.9 Å². The van der Waals surface area contributed by atoms with Crippen LogP contribution in [0.1, 0.15) is 28.7 Å². The summed E-state index contributed by atoms with van der Waals surface area (Å²) in [5.74, 6) is -0.317. The van der Waals surface area contributed by atoms with Crippen molar-refractivity contribution >= 4 is 23.2 Å². The van der Waals surface area contributed by atoms with E-state index in [2.05, 4.69) is 10.4 Å². The summed E-state index contributed by atoms with van der Waals surface area (Å²) in [6.07, 6.45) is 0. The Hall–Kier alpha value is -2.32. The molecule has 0 aliphatic rings. The quantitative estimate of drug-likeness (QED) is 0.944. The third-order valence-electron chi connectivity index (χ3n) is 2.84. The molecule has 0 unspecified atom stereocenters. The number of nitriles is 1. The van der Waals surface area contributed by atoms with Crippen LogP contribution >= 0.6 is 11.6 Å². The molecule has 1 aromatic heterocycles. The van der Waals surface area contributed by atoms with Gasteiger partial charge < -0.3 is 5.32 Å². The number of rotatable bonds is 3. The minimum atomic E-state index is -0.317. The van der Waals surface area contributed by atoms with Crippen LogP contribution in [0.15, 0.2) is 24.3 Å². The molecule has 0 radical (unpaired) electrons. The summed E-state index contributed by atoms with van der Waals surface area (Å²) >= 11 is 6.11. The van der Waals surface area contributed by atoms with Gasteiger partial charge in [0.25, 0.3) is 5.91 Å². The summed E-state index contributed by atoms with van der Waals surface area (Å²) < 4.78 is 1.57. The second-order valence-electron chi connectivity index (χ2n) is 4.21. The van der Waals surface area contributed by atoms with Crippen LogP contribution in [0.2, 0.25) is 5.02 Å². The molecule has 0 spiro atoms. The first-order valence-electron chi connectivity index (χ1n) is 6.11. The summed E-state index contributed by atoms with van der Waals surface area (Å²) in [6.45, 7) is 4.21. The van der Waals surface area contributed by atoms with Crippen molar-refractivity contribution in [1.82, 2.24) is 9.78 Å². The van der Waals surface area contributed by atoms with Gasteiger partial charge in [0.2, 0.25) is 0 Å². The van der Waals surface area contributed by atoms with Gasteiger partial charge in [-0.1, -0.05) is 11.6 Å². The van der Waals surface area contributed by atoms with Gasteiger partial charge in [-0.3, -0.25) is 9.48 Å². The molecule has 0 aliphatic heterocycles. The second-order valence-corrected chi connectivity index (χ2v) is 4.59. The first-order chi connectivity index (χ1) is 9.56. The molecule has 5 nitrogen and oxygen atoms in total. The summed E-state index contributed by atoms with van der Waals surface area (Å²) in [7, 11) is 0. The molecule has 0 saturated carbocycles. The van der Waals surface area contributed by atoms with Crippen molar-refractivity contribution < 1.29 is 4.79 Å². The Morgan fingerprint density at radius 1 is 1.45 bits per heavy atom. The molecular formula is C14H13ClN4O. The molecule has 0 bridgehead atoms. The van der Waals surface area contributed by atoms with Gasteiger partial charge in [-0.25, -0.2) is 0 Å². The van der Waals surface area contributed by atoms with Crippen molar-refractivity contribution in [2.24, 2.45) is 0 Å². The van der Waals surface area contributed by atoms with Gasteiger partial charge in [0.05, 0.1) is 22.3 Å². The number of carbonyl (C=O) groups excluding carboxylic acids is 1. The molecular weight excluding hydrogens is 276 g/mol. The highest BCUT2D eigenvalue weighted by Crippen LogP contribution is 2.21. The van der Waals surface area contributed by atoms with Crippen LogP contribution in [-0.4, -0.2) is 15.7 Å². The molecule has 0 saturated heterocycles. The zero-order valence-electron chi connectivity index (χ0n) is 11.1. The molecule has 1 amide bonds. The Labute approximate surface area is 121 Å². The maximum absolute atomic E-state index is 12.3. The molecule has 1 heterocycles. The molecule has 1 aromatic carbocycles. The first kappa shape index (κ1) is 14.1. The van der Waals surface area contributed by atoms with Crippen LogP contribution in [0.5, 0.6) is 0 Å². The molecule has 0 fully saturated rings. The van der Waals surface area contributed by atoms with Gasteiger partial charge in [-0.15, -0.1) is 0 Å². The van der Waals surface area contributed by atoms with Gasteiger partial charge in [0.15, 0.2) is 0 Å². The molecule has 0 aliphatic carbocycles. The van der Waals surface area contributed by atoms with Crippen molar-refractivity contribution in [2.75, 3.05) is 5.32 Å². The van der Waals surface area contributed by atoms with E-state index >= 15 is 0 Å². The van der Waals surface area contributed by atoms with E-state index in [9.17, 15) is 4.79 Å². The topological polar surface area (TPSA) is 70.7 Å². The number of hydrogen-bond donors (Lipinski definition) is 1. The third kappa shape index (κ3) is 2.65. The van der Waals surface area contributed by atoms with Crippen molar-refractivity contribution in [1.29, 1.82) is 5.26 Å². The molecule has 6 heteroatoms. The van der Waals surface area contributed by atoms with Crippen molar-refractivity contribution in [3.8, 4) is 6.07 Å². The molecule has 1 N–H and O–H groups in total. The number of nitrogens with zero attached hydrogens (tertiary/aromatic N) is 3. The van der Waals surface area contributed by atoms with Gasteiger partial charge in [0, 0.05) is 12.2 Å². The molecule has 102 valence electrons. The van der Waals surface area contributed by atoms with Gasteiger partial charge >= 0.3 is 0 Å². The lowest BCUT2D eigenvalue weighted by atomic mass is 10.2. The van der Waals surface area contributed by atoms with Crippen LogP contribution in [0, 0.1) is 18.3 Å². The van der Waals surface area contributed by atoms with Gasteiger partial charge in [-0.2, -0.15) is 10.4 Å². The van der Waals surface area contributed by atoms with E-state index in [1.807, 2.05) is 13.0 Å². The van der Waals surface area contributed by atoms with Crippen LogP contribution in [-0.2, 0) is 6.54 Å². The van der Waals surface area contributed by atoms with E-state index in [0.717, 1.165) is 0 Å². The minimum absolute atomic E-state index is 0.317. The van der Waals surface area contributed by atoms with Crippen molar-refractivity contribution in [3.05, 3.63) is 46.2 Å². The standard InChI is InChI=1S/C14H13ClN4O/c1-3-19-13(12(15)9(2)18-19)14(20)17-11-6-4-10(8-16)5-7-11/h4-7H,3H2,1-2H3,(H,17,20). The average molecular weight is 289 g/mol. The molecule has 0 atom stereocenters. The predicted molar refractivity (Wildman–Crippen MR) is 76.8 cm³/mol. The Kier molecular flexibility index (Phi) is 4.06. The van der Waals surface area contributed by atoms with Crippen LogP contribution < -0.4 is 5.32 Å². The fourth-order valence-electron chi connectivity index (χ4n) is 1.82. The summed E-state index contributed by atoms with van der Waals surface area (Å²) in [5.41, 5.74) is 2.11. The third-order valence-corrected chi connectivity index (χ3v) is 3.29. The maximum atomic E-state index is 12.3. The van der Waals surface area contributed by atoms with Crippen molar-refractivity contribution in [2.45, 2.75) is 20.4 Å². The average Bonchev–Trinajstić information content (AvgIpc) is 2.75. The van der Waals surface area contributed by atoms with Gasteiger partial charge in [0.1, 0.15) is 5.69 Å². The number of nitrogens with one attached hydrogen (secondary N) is 1. The Morgan fingerprint density at radius 3 is 2.65 bits per heavy atom. The maximum Gasteiger partial charge on any atom is 0.275 e. The van der Waals surface area contributed by atoms with Crippen LogP contribution in [0.3, 0.4) is 0 Å². The summed E-state index contributed by atoms with van der Waals surface area (Å²) in [6, 6.07) is 8.64. The van der Waals surface area contributed by atoms with E-state index in [1.165, 1.54) is 0 Å². The number of amides is 1. The minimum Gasteiger partial charge on any atom is -0.321 e. The van der Waals surface area contributed by atoms with Crippen LogP contribution in [0.25, 0.3) is 0 Å². The number of carbonyl (C=O) groups is 1. The smallest absolute Gasteiger partial charge is 0.275 e. The Balaban J connectivity index is 2.26. The highest BCUT2D eigenvalue weighted by atomic mass is 35.5. The Bertz CT molecular complexity index is 682. The molecule has 2 rings (SSSR count). The number of halogens is 1. The fraction of sp³-hybridized carbons (Fsp3) is 0.214. The lowest BCUT2D eigenvalue weighted by molar-refractivity contribution is 0.101. The predicted octanol–water partition coefficient (Wildman–Crippen LogP) is 2.99. The van der Waals surface area contributed by atoms with Crippen molar-refractivity contribution in [3.63, 3.8) is 0 Å². The molecule has 20 heavy (non-hydrogen) atoms. The van der Waals surface area contributed by atoms with E-state index in [0.29, 0.717) is 34.2 Å². The SMILES string of the molecule is CCn1nc(C)c(Cl)c1C(=O)Nc1ccc(C#N)cc1. The van der Waals surface area contributed by atoms with E-state index in [-0.39, 0.29) is 5.91 Å². The van der Waals surface area contributed by atoms with E-state index < -0.39 is 0 Å². The summed E-state index contributed by atoms with van der Waals surface area (Å²) in [5, 5.41) is 16.0. The lowest BCUT2D eigenvalue weighted by Gasteiger charge is -2.07. The normalized spacial score (nSPS) is 10.1. The highest BCUT2D eigenvalue weighted by molar-refractivity contribution is 6.34. The second kappa shape index (κ2) is 5.76. The van der Waals surface area contributed by atoms with Crippen LogP contribution in [0.4, 0.5) is 5.69 Å². The zero-order chi connectivity index (χ0) is 14.7. The number of anilines is 1. The number of aromatic nitrogens is 2. The number of hydrogen-bond acceptors (Lipinski definition) is 3. The number of aryl methyl sites for hydroxylation is 2. The highest BCUT2D eigenvalue weighted by Gasteiger charge is 2.19. The number of benzene rings is 1. The monoisotopic (exact) mass is 288 g/mol. The first-order valence-corrected chi connectivity index (χ1v) is 6.49. The fourth-order valence-corrected chi connectivity index (χ4v) is 2.04. The van der Waals surface area contributed by atoms with E-state index in [1.54, 1.807) is 35.9 Å². The summed E-state index contributed by atoms with van der Waals surface area (Å²) in [4.78, 5) is 12.3. The van der Waals surface area contributed by atoms with Gasteiger partial charge in [-0.05, 0) is 38.1 Å². The lowest BCUT2D eigenvalue weighted by Crippen LogP contribution is -2.17. The Morgan fingerprint density at radius 2 is 2.10 bits per heavy atom. The zero-order valence-corrected chi connectivity index (χ0v) is 11.9.